The van der Waals surface area contributed by atoms with Crippen molar-refractivity contribution in [1.82, 2.24) is 0 Å². The second kappa shape index (κ2) is 8.52. The van der Waals surface area contributed by atoms with Crippen molar-refractivity contribution in [2.45, 2.75) is 0 Å². The summed E-state index contributed by atoms with van der Waals surface area (Å²) < 4.78 is 21.2. The highest BCUT2D eigenvalue weighted by molar-refractivity contribution is 5.74. The Morgan fingerprint density at radius 2 is 1.40 bits per heavy atom. The lowest BCUT2D eigenvalue weighted by Gasteiger charge is -2.12. The van der Waals surface area contributed by atoms with Crippen LogP contribution in [0.25, 0.3) is 22.6 Å². The van der Waals surface area contributed by atoms with Crippen LogP contribution in [-0.4, -0.2) is 28.4 Å². The Bertz CT molecular complexity index is 802. The largest absolute Gasteiger partial charge is 0.496 e. The number of hydrogen-bond donors (Lipinski definition) is 0. The summed E-state index contributed by atoms with van der Waals surface area (Å²) in [6.45, 7) is 0. The maximum absolute atomic E-state index is 8.65. The van der Waals surface area contributed by atoms with E-state index in [2.05, 4.69) is 10.0 Å². The molecule has 0 saturated carbocycles. The van der Waals surface area contributed by atoms with E-state index in [1.54, 1.807) is 33.5 Å². The van der Waals surface area contributed by atoms with E-state index in [-0.39, 0.29) is 0 Å². The average Bonchev–Trinajstić information content (AvgIpc) is 2.65. The summed E-state index contributed by atoms with van der Waals surface area (Å²) in [5.41, 5.74) is 10.8. The number of benzene rings is 2. The van der Waals surface area contributed by atoms with Crippen LogP contribution in [0.5, 0.6) is 23.0 Å². The number of nitrogens with zero attached hydrogens (tertiary/aromatic N) is 3. The molecule has 0 saturated heterocycles. The van der Waals surface area contributed by atoms with Crippen molar-refractivity contribution in [3.05, 3.63) is 51.9 Å². The van der Waals surface area contributed by atoms with Gasteiger partial charge >= 0.3 is 0 Å². The molecule has 2 aromatic rings. The van der Waals surface area contributed by atoms with E-state index < -0.39 is 0 Å². The minimum absolute atomic E-state index is 0.428. The van der Waals surface area contributed by atoms with Gasteiger partial charge in [-0.3, -0.25) is 0 Å². The van der Waals surface area contributed by atoms with Crippen molar-refractivity contribution < 1.29 is 18.9 Å². The molecule has 2 rings (SSSR count). The van der Waals surface area contributed by atoms with Crippen LogP contribution in [-0.2, 0) is 0 Å². The molecule has 7 heteroatoms. The summed E-state index contributed by atoms with van der Waals surface area (Å²) in [4.78, 5) is 2.81. The molecule has 0 unspecified atom stereocenters. The van der Waals surface area contributed by atoms with Crippen LogP contribution in [0.15, 0.2) is 35.4 Å². The molecule has 0 amide bonds. The van der Waals surface area contributed by atoms with E-state index in [1.807, 2.05) is 30.4 Å². The maximum atomic E-state index is 8.65. The fraction of sp³-hybridized carbons (Fsp3) is 0.222. The van der Waals surface area contributed by atoms with Crippen LogP contribution in [0, 0.1) is 0 Å². The van der Waals surface area contributed by atoms with Crippen LogP contribution in [0.2, 0.25) is 0 Å². The molecule has 130 valence electrons. The molecular weight excluding hydrogens is 322 g/mol. The van der Waals surface area contributed by atoms with Crippen molar-refractivity contribution in [1.29, 1.82) is 0 Å². The van der Waals surface area contributed by atoms with E-state index in [0.29, 0.717) is 28.7 Å². The third kappa shape index (κ3) is 4.16. The molecule has 25 heavy (non-hydrogen) atoms. The summed E-state index contributed by atoms with van der Waals surface area (Å²) in [7, 11) is 6.22. The Balaban J connectivity index is 2.39. The lowest BCUT2D eigenvalue weighted by molar-refractivity contribution is 0.324. The Morgan fingerprint density at radius 3 is 1.92 bits per heavy atom. The first-order valence-electron chi connectivity index (χ1n) is 7.38. The van der Waals surface area contributed by atoms with Crippen molar-refractivity contribution in [3.8, 4) is 23.0 Å². The predicted molar refractivity (Wildman–Crippen MR) is 96.8 cm³/mol. The molecule has 0 aromatic heterocycles. The van der Waals surface area contributed by atoms with E-state index >= 15 is 0 Å². The van der Waals surface area contributed by atoms with Crippen LogP contribution in [0.4, 0.5) is 5.69 Å². The minimum Gasteiger partial charge on any atom is -0.496 e. The molecule has 0 aliphatic carbocycles. The predicted octanol–water partition coefficient (Wildman–Crippen LogP) is 4.83. The number of methoxy groups -OCH3 is 4. The first-order chi connectivity index (χ1) is 12.2. The number of ether oxygens (including phenoxy) is 4. The van der Waals surface area contributed by atoms with Gasteiger partial charge in [-0.15, -0.1) is 0 Å². The fourth-order valence-corrected chi connectivity index (χ4v) is 2.33. The van der Waals surface area contributed by atoms with Gasteiger partial charge in [0.1, 0.15) is 5.75 Å². The molecule has 0 N–H and O–H groups in total. The standard InChI is InChI=1S/C18H19N3O4/c1-22-15-8-7-12(9-14(15)20-21-19)5-6-13-10-16(23-2)18(25-4)17(11-13)24-3/h5-11H,1-4H3. The second-order valence-corrected chi connectivity index (χ2v) is 4.91. The zero-order chi connectivity index (χ0) is 18.2. The summed E-state index contributed by atoms with van der Waals surface area (Å²) >= 11 is 0. The molecule has 0 radical (unpaired) electrons. The Morgan fingerprint density at radius 1 is 0.800 bits per heavy atom. The molecule has 7 nitrogen and oxygen atoms in total. The van der Waals surface area contributed by atoms with Gasteiger partial charge in [-0.1, -0.05) is 23.3 Å². The summed E-state index contributed by atoms with van der Waals surface area (Å²) in [6, 6.07) is 9.04. The van der Waals surface area contributed by atoms with Gasteiger partial charge in [0.2, 0.25) is 5.75 Å². The quantitative estimate of drug-likeness (QED) is 0.312. The third-order valence-electron chi connectivity index (χ3n) is 3.51. The molecule has 0 aliphatic heterocycles. The van der Waals surface area contributed by atoms with E-state index in [4.69, 9.17) is 24.5 Å². The Labute approximate surface area is 146 Å². The van der Waals surface area contributed by atoms with Gasteiger partial charge in [-0.05, 0) is 40.9 Å². The second-order valence-electron chi connectivity index (χ2n) is 4.91. The zero-order valence-corrected chi connectivity index (χ0v) is 14.5. The summed E-state index contributed by atoms with van der Waals surface area (Å²) in [5, 5.41) is 3.64. The van der Waals surface area contributed by atoms with Crippen molar-refractivity contribution in [2.24, 2.45) is 5.11 Å². The summed E-state index contributed by atoms with van der Waals surface area (Å²) in [5.74, 6) is 2.21. The number of azide groups is 1. The van der Waals surface area contributed by atoms with E-state index in [0.717, 1.165) is 11.1 Å². The van der Waals surface area contributed by atoms with Crippen LogP contribution in [0.1, 0.15) is 11.1 Å². The molecular formula is C18H19N3O4. The molecule has 2 aromatic carbocycles. The first-order valence-corrected chi connectivity index (χ1v) is 7.38. The zero-order valence-electron chi connectivity index (χ0n) is 14.5. The molecule has 0 atom stereocenters. The van der Waals surface area contributed by atoms with Gasteiger partial charge in [0.15, 0.2) is 11.5 Å². The molecule has 0 bridgehead atoms. The van der Waals surface area contributed by atoms with Gasteiger partial charge in [0.05, 0.1) is 34.1 Å². The highest BCUT2D eigenvalue weighted by atomic mass is 16.5. The minimum atomic E-state index is 0.428. The monoisotopic (exact) mass is 341 g/mol. The van der Waals surface area contributed by atoms with Gasteiger partial charge < -0.3 is 18.9 Å². The average molecular weight is 341 g/mol. The number of rotatable bonds is 7. The number of hydrogen-bond acceptors (Lipinski definition) is 5. The van der Waals surface area contributed by atoms with Gasteiger partial charge in [0.25, 0.3) is 0 Å². The van der Waals surface area contributed by atoms with Gasteiger partial charge in [-0.25, -0.2) is 0 Å². The van der Waals surface area contributed by atoms with Crippen molar-refractivity contribution >= 4 is 17.8 Å². The highest BCUT2D eigenvalue weighted by Gasteiger charge is 2.12. The van der Waals surface area contributed by atoms with Gasteiger partial charge in [-0.2, -0.15) is 0 Å². The first kappa shape index (κ1) is 18.0. The van der Waals surface area contributed by atoms with Crippen molar-refractivity contribution in [2.75, 3.05) is 28.4 Å². The topological polar surface area (TPSA) is 85.7 Å². The van der Waals surface area contributed by atoms with Crippen LogP contribution < -0.4 is 18.9 Å². The normalized spacial score (nSPS) is 10.2. The molecule has 0 spiro atoms. The van der Waals surface area contributed by atoms with Gasteiger partial charge in [0, 0.05) is 4.91 Å². The Kier molecular flexibility index (Phi) is 6.14. The smallest absolute Gasteiger partial charge is 0.203 e. The summed E-state index contributed by atoms with van der Waals surface area (Å²) in [6.07, 6.45) is 3.78. The fourth-order valence-electron chi connectivity index (χ4n) is 2.33. The maximum Gasteiger partial charge on any atom is 0.203 e. The SMILES string of the molecule is COc1ccc(C=Cc2cc(OC)c(OC)c(OC)c2)cc1N=[N+]=[N-]. The lowest BCUT2D eigenvalue weighted by Crippen LogP contribution is -1.95. The Hall–Kier alpha value is -3.31. The highest BCUT2D eigenvalue weighted by Crippen LogP contribution is 2.38. The van der Waals surface area contributed by atoms with Crippen LogP contribution in [0.3, 0.4) is 0 Å². The van der Waals surface area contributed by atoms with E-state index in [9.17, 15) is 0 Å². The third-order valence-corrected chi connectivity index (χ3v) is 3.51. The van der Waals surface area contributed by atoms with E-state index in [1.165, 1.54) is 7.11 Å². The molecule has 0 heterocycles. The lowest BCUT2D eigenvalue weighted by atomic mass is 10.1. The van der Waals surface area contributed by atoms with Crippen LogP contribution >= 0.6 is 0 Å². The molecule has 0 aliphatic rings. The molecule has 0 fully saturated rings. The van der Waals surface area contributed by atoms with Crippen molar-refractivity contribution in [3.63, 3.8) is 0 Å².